The van der Waals surface area contributed by atoms with Crippen LogP contribution in [0.5, 0.6) is 0 Å². The van der Waals surface area contributed by atoms with Crippen LogP contribution in [0.1, 0.15) is 28.8 Å². The van der Waals surface area contributed by atoms with E-state index < -0.39 is 22.1 Å². The van der Waals surface area contributed by atoms with Crippen LogP contribution in [-0.2, 0) is 15.8 Å². The van der Waals surface area contributed by atoms with Crippen LogP contribution in [0.2, 0.25) is 0 Å². The lowest BCUT2D eigenvalue weighted by Gasteiger charge is -2.26. The van der Waals surface area contributed by atoms with Crippen molar-refractivity contribution in [2.24, 2.45) is 5.73 Å². The number of nitrogens with one attached hydrogen (secondary N) is 1. The first-order valence-corrected chi connectivity index (χ1v) is 10.1. The second-order valence-corrected chi connectivity index (χ2v) is 7.94. The van der Waals surface area contributed by atoms with Gasteiger partial charge in [-0.2, -0.15) is 0 Å². The molecular formula is C21H22N2O2S. The van der Waals surface area contributed by atoms with E-state index in [1.165, 1.54) is 0 Å². The lowest BCUT2D eigenvalue weighted by Crippen LogP contribution is -2.36. The number of sulfonamides is 1. The zero-order chi connectivity index (χ0) is 18.4. The van der Waals surface area contributed by atoms with Gasteiger partial charge in [-0.3, -0.25) is 0 Å². The number of hydrogen-bond donors (Lipinski definition) is 2. The smallest absolute Gasteiger partial charge is 0.216 e. The Morgan fingerprint density at radius 1 is 0.731 bits per heavy atom. The van der Waals surface area contributed by atoms with E-state index in [2.05, 4.69) is 4.72 Å². The van der Waals surface area contributed by atoms with Crippen LogP contribution < -0.4 is 10.5 Å². The van der Waals surface area contributed by atoms with Crippen LogP contribution in [0.25, 0.3) is 0 Å². The zero-order valence-electron chi connectivity index (χ0n) is 14.3. The van der Waals surface area contributed by atoms with E-state index in [1.54, 1.807) is 12.1 Å². The molecule has 0 heterocycles. The maximum atomic E-state index is 12.8. The molecule has 0 aliphatic rings. The minimum absolute atomic E-state index is 0.0846. The Morgan fingerprint density at radius 2 is 1.19 bits per heavy atom. The maximum Gasteiger partial charge on any atom is 0.216 e. The summed E-state index contributed by atoms with van der Waals surface area (Å²) in [5.41, 5.74) is 8.89. The van der Waals surface area contributed by atoms with Crippen molar-refractivity contribution in [3.05, 3.63) is 108 Å². The van der Waals surface area contributed by atoms with Gasteiger partial charge in [-0.05, 0) is 16.7 Å². The summed E-state index contributed by atoms with van der Waals surface area (Å²) in [6, 6.07) is 27.0. The van der Waals surface area contributed by atoms with E-state index in [4.69, 9.17) is 5.73 Å². The second-order valence-electron chi connectivity index (χ2n) is 6.19. The first-order chi connectivity index (χ1) is 12.6. The van der Waals surface area contributed by atoms with Gasteiger partial charge < -0.3 is 5.73 Å². The Balaban J connectivity index is 1.89. The van der Waals surface area contributed by atoms with Gasteiger partial charge in [-0.15, -0.1) is 0 Å². The minimum atomic E-state index is -3.57. The van der Waals surface area contributed by atoms with Crippen molar-refractivity contribution in [3.8, 4) is 0 Å². The summed E-state index contributed by atoms with van der Waals surface area (Å²) >= 11 is 0. The lowest BCUT2D eigenvalue weighted by atomic mass is 9.95. The number of rotatable bonds is 7. The van der Waals surface area contributed by atoms with Crippen molar-refractivity contribution in [2.45, 2.75) is 17.8 Å². The maximum absolute atomic E-state index is 12.8. The van der Waals surface area contributed by atoms with Gasteiger partial charge >= 0.3 is 0 Å². The average molecular weight is 366 g/mol. The molecule has 0 unspecified atom stereocenters. The Hall–Kier alpha value is -2.47. The first kappa shape index (κ1) is 18.3. The molecule has 3 rings (SSSR count). The summed E-state index contributed by atoms with van der Waals surface area (Å²) in [5.74, 6) is -0.0846. The van der Waals surface area contributed by atoms with Gasteiger partial charge in [-0.25, -0.2) is 13.1 Å². The van der Waals surface area contributed by atoms with Crippen LogP contribution in [-0.4, -0.2) is 8.42 Å². The Bertz CT molecular complexity index is 914. The molecule has 2 atom stereocenters. The van der Waals surface area contributed by atoms with Gasteiger partial charge in [0.2, 0.25) is 10.0 Å². The molecule has 5 heteroatoms. The summed E-state index contributed by atoms with van der Waals surface area (Å²) in [4.78, 5) is 0. The molecule has 0 radical (unpaired) electrons. The third-order valence-corrected chi connectivity index (χ3v) is 5.53. The molecule has 26 heavy (non-hydrogen) atoms. The van der Waals surface area contributed by atoms with Crippen LogP contribution in [0.15, 0.2) is 91.0 Å². The van der Waals surface area contributed by atoms with E-state index in [9.17, 15) is 8.42 Å². The molecule has 0 amide bonds. The fourth-order valence-electron chi connectivity index (χ4n) is 2.91. The molecule has 0 spiro atoms. The van der Waals surface area contributed by atoms with E-state index >= 15 is 0 Å². The third kappa shape index (κ3) is 4.79. The van der Waals surface area contributed by atoms with Gasteiger partial charge in [0.1, 0.15) is 0 Å². The highest BCUT2D eigenvalue weighted by molar-refractivity contribution is 7.88. The topological polar surface area (TPSA) is 72.2 Å². The lowest BCUT2D eigenvalue weighted by molar-refractivity contribution is 0.503. The van der Waals surface area contributed by atoms with Gasteiger partial charge in [0.15, 0.2) is 0 Å². The predicted molar refractivity (Wildman–Crippen MR) is 105 cm³/mol. The van der Waals surface area contributed by atoms with Crippen molar-refractivity contribution in [1.29, 1.82) is 0 Å². The summed E-state index contributed by atoms with van der Waals surface area (Å²) in [7, 11) is -3.57. The van der Waals surface area contributed by atoms with Gasteiger partial charge in [0.05, 0.1) is 17.8 Å². The normalized spacial score (nSPS) is 13.9. The monoisotopic (exact) mass is 366 g/mol. The predicted octanol–water partition coefficient (Wildman–Crippen LogP) is 3.55. The molecule has 3 N–H and O–H groups in total. The van der Waals surface area contributed by atoms with Crippen LogP contribution in [0, 0.1) is 0 Å². The van der Waals surface area contributed by atoms with Gasteiger partial charge in [0, 0.05) is 0 Å². The third-order valence-electron chi connectivity index (χ3n) is 4.21. The highest BCUT2D eigenvalue weighted by Gasteiger charge is 2.26. The molecule has 134 valence electrons. The van der Waals surface area contributed by atoms with Gasteiger partial charge in [0.25, 0.3) is 0 Å². The van der Waals surface area contributed by atoms with E-state index in [0.29, 0.717) is 0 Å². The summed E-state index contributed by atoms with van der Waals surface area (Å²) in [6.07, 6.45) is 0. The number of nitrogens with two attached hydrogens (primary N) is 1. The largest absolute Gasteiger partial charge is 0.322 e. The quantitative estimate of drug-likeness (QED) is 0.672. The molecule has 3 aromatic rings. The van der Waals surface area contributed by atoms with Crippen molar-refractivity contribution >= 4 is 10.0 Å². The molecule has 0 bridgehead atoms. The minimum Gasteiger partial charge on any atom is -0.322 e. The summed E-state index contributed by atoms with van der Waals surface area (Å²) in [6.45, 7) is 0. The van der Waals surface area contributed by atoms with Crippen molar-refractivity contribution < 1.29 is 8.42 Å². The molecule has 0 saturated carbocycles. The zero-order valence-corrected chi connectivity index (χ0v) is 15.1. The molecule has 0 aromatic heterocycles. The van der Waals surface area contributed by atoms with Crippen LogP contribution in [0.4, 0.5) is 0 Å². The summed E-state index contributed by atoms with van der Waals surface area (Å²) < 4.78 is 28.3. The highest BCUT2D eigenvalue weighted by Crippen LogP contribution is 2.28. The fourth-order valence-corrected chi connectivity index (χ4v) is 4.29. The Labute approximate surface area is 154 Å². The van der Waals surface area contributed by atoms with E-state index in [-0.39, 0.29) is 5.75 Å². The molecule has 3 aromatic carbocycles. The van der Waals surface area contributed by atoms with Crippen molar-refractivity contribution in [1.82, 2.24) is 4.72 Å². The molecule has 4 nitrogen and oxygen atoms in total. The van der Waals surface area contributed by atoms with Crippen LogP contribution in [0.3, 0.4) is 0 Å². The van der Waals surface area contributed by atoms with Crippen LogP contribution >= 0.6 is 0 Å². The molecule has 0 fully saturated rings. The highest BCUT2D eigenvalue weighted by atomic mass is 32.2. The van der Waals surface area contributed by atoms with Gasteiger partial charge in [-0.1, -0.05) is 91.0 Å². The van der Waals surface area contributed by atoms with Crippen molar-refractivity contribution in [2.75, 3.05) is 0 Å². The average Bonchev–Trinajstić information content (AvgIpc) is 2.67. The van der Waals surface area contributed by atoms with E-state index in [0.717, 1.165) is 16.7 Å². The number of benzene rings is 3. The Morgan fingerprint density at radius 3 is 1.73 bits per heavy atom. The molecule has 0 aliphatic heterocycles. The second kappa shape index (κ2) is 8.27. The summed E-state index contributed by atoms with van der Waals surface area (Å²) in [5, 5.41) is 0. The SMILES string of the molecule is N[C@H](c1ccccc1)[C@H](NS(=O)(=O)Cc1ccccc1)c1ccccc1. The standard InChI is InChI=1S/C21H22N2O2S/c22-20(18-12-6-2-7-13-18)21(19-14-8-3-9-15-19)23-26(24,25)16-17-10-4-1-5-11-17/h1-15,20-21,23H,16,22H2/t20-,21-/m1/s1. The fraction of sp³-hybridized carbons (Fsp3) is 0.143. The number of hydrogen-bond acceptors (Lipinski definition) is 3. The molecule has 0 saturated heterocycles. The Kier molecular flexibility index (Phi) is 5.83. The first-order valence-electron chi connectivity index (χ1n) is 8.44. The van der Waals surface area contributed by atoms with Crippen molar-refractivity contribution in [3.63, 3.8) is 0 Å². The molecule has 0 aliphatic carbocycles. The molecular weight excluding hydrogens is 344 g/mol. The van der Waals surface area contributed by atoms with E-state index in [1.807, 2.05) is 78.9 Å².